The zero-order chi connectivity index (χ0) is 14.8. The lowest BCUT2D eigenvalue weighted by Gasteiger charge is -2.27. The zero-order valence-electron chi connectivity index (χ0n) is 11.4. The monoisotopic (exact) mass is 298 g/mol. The van der Waals surface area contributed by atoms with E-state index in [-0.39, 0.29) is 11.4 Å². The molecule has 0 radical (unpaired) electrons. The summed E-state index contributed by atoms with van der Waals surface area (Å²) in [4.78, 5) is 13.6. The molecule has 0 saturated carbocycles. The van der Waals surface area contributed by atoms with Crippen LogP contribution in [0.3, 0.4) is 0 Å². The van der Waals surface area contributed by atoms with Crippen molar-refractivity contribution in [2.45, 2.75) is 11.0 Å². The van der Waals surface area contributed by atoms with Crippen LogP contribution >= 0.6 is 11.8 Å². The minimum atomic E-state index is -0.573. The first-order valence-electron chi connectivity index (χ1n) is 6.53. The molecule has 1 heterocycles. The van der Waals surface area contributed by atoms with Crippen LogP contribution in [0.25, 0.3) is 0 Å². The summed E-state index contributed by atoms with van der Waals surface area (Å²) in [6.07, 6.45) is 2.23. The predicted octanol–water partition coefficient (Wildman–Crippen LogP) is 4.17. The highest BCUT2D eigenvalue weighted by Crippen LogP contribution is 2.39. The van der Waals surface area contributed by atoms with Crippen molar-refractivity contribution in [3.63, 3.8) is 0 Å². The van der Waals surface area contributed by atoms with Crippen molar-refractivity contribution in [3.8, 4) is 5.75 Å². The van der Waals surface area contributed by atoms with Gasteiger partial charge >= 0.3 is 0 Å². The standard InChI is InChI=1S/C17H14O3S/c1-21-12-7-8-15-13(9-12)16(19)14(10-18)17(20-15)11-5-3-2-4-6-11/h2-10,17-18H,1H3/b14-10-. The second-order valence-electron chi connectivity index (χ2n) is 4.68. The molecule has 2 aromatic rings. The number of fused-ring (bicyclic) bond motifs is 1. The number of aliphatic hydroxyl groups is 1. The van der Waals surface area contributed by atoms with Crippen LogP contribution in [0.4, 0.5) is 0 Å². The number of carbonyl (C=O) groups is 1. The Morgan fingerprint density at radius 2 is 1.95 bits per heavy atom. The van der Waals surface area contributed by atoms with Gasteiger partial charge in [0, 0.05) is 4.90 Å². The molecule has 21 heavy (non-hydrogen) atoms. The number of rotatable bonds is 2. The van der Waals surface area contributed by atoms with Gasteiger partial charge in [-0.1, -0.05) is 30.3 Å². The van der Waals surface area contributed by atoms with Crippen molar-refractivity contribution in [2.24, 2.45) is 0 Å². The van der Waals surface area contributed by atoms with E-state index < -0.39 is 6.10 Å². The fourth-order valence-corrected chi connectivity index (χ4v) is 2.82. The number of ether oxygens (including phenoxy) is 1. The smallest absolute Gasteiger partial charge is 0.199 e. The van der Waals surface area contributed by atoms with Crippen molar-refractivity contribution in [2.75, 3.05) is 6.26 Å². The zero-order valence-corrected chi connectivity index (χ0v) is 12.3. The van der Waals surface area contributed by atoms with Crippen LogP contribution in [0, 0.1) is 0 Å². The highest BCUT2D eigenvalue weighted by atomic mass is 32.2. The van der Waals surface area contributed by atoms with E-state index in [0.29, 0.717) is 11.3 Å². The summed E-state index contributed by atoms with van der Waals surface area (Å²) in [7, 11) is 0. The lowest BCUT2D eigenvalue weighted by atomic mass is 9.92. The van der Waals surface area contributed by atoms with Gasteiger partial charge in [0.2, 0.25) is 0 Å². The maximum Gasteiger partial charge on any atom is 0.199 e. The van der Waals surface area contributed by atoms with Crippen LogP contribution < -0.4 is 4.74 Å². The summed E-state index contributed by atoms with van der Waals surface area (Å²) in [5.74, 6) is 0.362. The third kappa shape index (κ3) is 2.43. The number of ketones is 1. The van der Waals surface area contributed by atoms with Gasteiger partial charge in [-0.25, -0.2) is 0 Å². The average Bonchev–Trinajstić information content (AvgIpc) is 2.55. The topological polar surface area (TPSA) is 46.5 Å². The molecule has 0 saturated heterocycles. The largest absolute Gasteiger partial charge is 0.515 e. The highest BCUT2D eigenvalue weighted by Gasteiger charge is 2.33. The quantitative estimate of drug-likeness (QED) is 0.513. The van der Waals surface area contributed by atoms with Gasteiger partial charge in [-0.2, -0.15) is 0 Å². The molecule has 0 aromatic heterocycles. The first-order chi connectivity index (χ1) is 10.2. The summed E-state index contributed by atoms with van der Waals surface area (Å²) in [5, 5.41) is 9.48. The molecule has 0 fully saturated rings. The Morgan fingerprint density at radius 3 is 2.62 bits per heavy atom. The molecule has 3 rings (SSSR count). The van der Waals surface area contributed by atoms with E-state index in [1.165, 1.54) is 0 Å². The first-order valence-corrected chi connectivity index (χ1v) is 7.75. The van der Waals surface area contributed by atoms with Crippen LogP contribution in [0.15, 0.2) is 65.3 Å². The number of carbonyl (C=O) groups excluding carboxylic acids is 1. The van der Waals surface area contributed by atoms with Gasteiger partial charge in [-0.15, -0.1) is 11.8 Å². The van der Waals surface area contributed by atoms with E-state index in [1.807, 2.05) is 48.7 Å². The molecule has 1 aliphatic heterocycles. The van der Waals surface area contributed by atoms with E-state index in [1.54, 1.807) is 17.8 Å². The summed E-state index contributed by atoms with van der Waals surface area (Å²) >= 11 is 1.56. The van der Waals surface area contributed by atoms with Gasteiger partial charge in [0.05, 0.1) is 17.4 Å². The van der Waals surface area contributed by atoms with Crippen molar-refractivity contribution in [3.05, 3.63) is 71.5 Å². The molecule has 2 aromatic carbocycles. The first kappa shape index (κ1) is 13.8. The highest BCUT2D eigenvalue weighted by molar-refractivity contribution is 7.98. The van der Waals surface area contributed by atoms with Crippen LogP contribution in [-0.2, 0) is 0 Å². The molecule has 1 aliphatic rings. The third-order valence-electron chi connectivity index (χ3n) is 3.46. The van der Waals surface area contributed by atoms with Crippen LogP contribution in [0.5, 0.6) is 5.75 Å². The molecule has 0 spiro atoms. The van der Waals surface area contributed by atoms with E-state index in [9.17, 15) is 9.90 Å². The Bertz CT molecular complexity index is 707. The number of thioether (sulfide) groups is 1. The van der Waals surface area contributed by atoms with Crippen LogP contribution in [-0.4, -0.2) is 17.1 Å². The summed E-state index contributed by atoms with van der Waals surface area (Å²) in [5.41, 5.74) is 1.59. The normalized spacial score (nSPS) is 19.2. The predicted molar refractivity (Wildman–Crippen MR) is 83.1 cm³/mol. The van der Waals surface area contributed by atoms with Gasteiger partial charge < -0.3 is 9.84 Å². The Kier molecular flexibility index (Phi) is 3.71. The van der Waals surface area contributed by atoms with Gasteiger partial charge in [-0.05, 0) is 30.0 Å². The van der Waals surface area contributed by atoms with Gasteiger partial charge in [0.1, 0.15) is 5.75 Å². The molecule has 1 N–H and O–H groups in total. The Morgan fingerprint density at radius 1 is 1.19 bits per heavy atom. The molecule has 0 aliphatic carbocycles. The number of hydrogen-bond acceptors (Lipinski definition) is 4. The van der Waals surface area contributed by atoms with Crippen molar-refractivity contribution in [1.82, 2.24) is 0 Å². The van der Waals surface area contributed by atoms with Gasteiger partial charge in [0.25, 0.3) is 0 Å². The van der Waals surface area contributed by atoms with Crippen molar-refractivity contribution < 1.29 is 14.6 Å². The second kappa shape index (κ2) is 5.66. The van der Waals surface area contributed by atoms with E-state index in [2.05, 4.69) is 0 Å². The Balaban J connectivity index is 2.09. The fraction of sp³-hybridized carbons (Fsp3) is 0.118. The van der Waals surface area contributed by atoms with E-state index in [0.717, 1.165) is 16.7 Å². The molecule has 0 amide bonds. The molecular formula is C17H14O3S. The van der Waals surface area contributed by atoms with Crippen molar-refractivity contribution in [1.29, 1.82) is 0 Å². The maximum atomic E-state index is 12.6. The number of Topliss-reactive ketones (excluding diaryl/α,β-unsaturated/α-hetero) is 1. The summed E-state index contributed by atoms with van der Waals surface area (Å²) in [6.45, 7) is 0. The second-order valence-corrected chi connectivity index (χ2v) is 5.56. The summed E-state index contributed by atoms with van der Waals surface area (Å²) in [6, 6.07) is 14.9. The molecule has 0 bridgehead atoms. The molecule has 106 valence electrons. The third-order valence-corrected chi connectivity index (χ3v) is 4.19. The number of benzene rings is 2. The molecule has 3 nitrogen and oxygen atoms in total. The maximum absolute atomic E-state index is 12.6. The average molecular weight is 298 g/mol. The Hall–Kier alpha value is -2.20. The van der Waals surface area contributed by atoms with Crippen LogP contribution in [0.1, 0.15) is 22.0 Å². The minimum Gasteiger partial charge on any atom is -0.515 e. The molecule has 1 atom stereocenters. The Labute approximate surface area is 127 Å². The van der Waals surface area contributed by atoms with E-state index in [4.69, 9.17) is 4.74 Å². The fourth-order valence-electron chi connectivity index (χ4n) is 2.38. The van der Waals surface area contributed by atoms with E-state index >= 15 is 0 Å². The van der Waals surface area contributed by atoms with Gasteiger partial charge in [-0.3, -0.25) is 4.79 Å². The lowest BCUT2D eigenvalue weighted by Crippen LogP contribution is -2.24. The van der Waals surface area contributed by atoms with Gasteiger partial charge in [0.15, 0.2) is 11.9 Å². The molecule has 1 unspecified atom stereocenters. The lowest BCUT2D eigenvalue weighted by molar-refractivity contribution is 0.0954. The number of aliphatic hydroxyl groups excluding tert-OH is 1. The van der Waals surface area contributed by atoms with Crippen LogP contribution in [0.2, 0.25) is 0 Å². The molecular weight excluding hydrogens is 284 g/mol. The summed E-state index contributed by atoms with van der Waals surface area (Å²) < 4.78 is 5.93. The minimum absolute atomic E-state index is 0.191. The van der Waals surface area contributed by atoms with Crippen molar-refractivity contribution >= 4 is 17.5 Å². The SMILES string of the molecule is CSc1ccc2c(c1)C(=O)/C(=C/O)C(c1ccccc1)O2. The number of hydrogen-bond donors (Lipinski definition) is 1. The molecule has 4 heteroatoms.